The molecular formula is C12H27NS. The van der Waals surface area contributed by atoms with Gasteiger partial charge in [-0.15, -0.1) is 0 Å². The van der Waals surface area contributed by atoms with E-state index in [1.165, 1.54) is 19.4 Å². The molecule has 0 amide bonds. The summed E-state index contributed by atoms with van der Waals surface area (Å²) in [7, 11) is 0. The second-order valence-electron chi connectivity index (χ2n) is 4.55. The summed E-state index contributed by atoms with van der Waals surface area (Å²) < 4.78 is 0. The Morgan fingerprint density at radius 1 is 1.07 bits per heavy atom. The Hall–Kier alpha value is 0.310. The molecule has 0 rings (SSSR count). The van der Waals surface area contributed by atoms with Crippen molar-refractivity contribution in [3.05, 3.63) is 0 Å². The largest absolute Gasteiger partial charge is 0.316 e. The van der Waals surface area contributed by atoms with Crippen LogP contribution in [-0.4, -0.2) is 23.6 Å². The van der Waals surface area contributed by atoms with Gasteiger partial charge in [-0.25, -0.2) is 0 Å². The van der Waals surface area contributed by atoms with Crippen molar-refractivity contribution in [2.45, 2.75) is 58.0 Å². The second kappa shape index (κ2) is 8.60. The van der Waals surface area contributed by atoms with Gasteiger partial charge >= 0.3 is 0 Å². The van der Waals surface area contributed by atoms with Crippen molar-refractivity contribution >= 4 is 11.8 Å². The molecule has 0 aliphatic carbocycles. The van der Waals surface area contributed by atoms with Gasteiger partial charge < -0.3 is 5.32 Å². The molecular weight excluding hydrogens is 190 g/mol. The quantitative estimate of drug-likeness (QED) is 0.624. The van der Waals surface area contributed by atoms with Crippen LogP contribution in [0.5, 0.6) is 0 Å². The van der Waals surface area contributed by atoms with Crippen LogP contribution in [0.15, 0.2) is 0 Å². The molecule has 86 valence electrons. The van der Waals surface area contributed by atoms with Gasteiger partial charge in [-0.05, 0) is 25.3 Å². The first-order chi connectivity index (χ1) is 6.56. The Morgan fingerprint density at radius 2 is 1.71 bits per heavy atom. The molecule has 0 radical (unpaired) electrons. The van der Waals surface area contributed by atoms with Gasteiger partial charge in [0, 0.05) is 17.0 Å². The summed E-state index contributed by atoms with van der Waals surface area (Å²) in [6.07, 6.45) is 2.57. The third-order valence-corrected chi connectivity index (χ3v) is 3.80. The van der Waals surface area contributed by atoms with E-state index >= 15 is 0 Å². The van der Waals surface area contributed by atoms with Crippen LogP contribution < -0.4 is 5.32 Å². The highest BCUT2D eigenvalue weighted by molar-refractivity contribution is 8.00. The van der Waals surface area contributed by atoms with E-state index in [0.717, 1.165) is 23.0 Å². The van der Waals surface area contributed by atoms with Crippen LogP contribution in [0.3, 0.4) is 0 Å². The predicted octanol–water partition coefficient (Wildman–Crippen LogP) is 3.54. The minimum Gasteiger partial charge on any atom is -0.316 e. The molecule has 1 nitrogen and oxygen atoms in total. The highest BCUT2D eigenvalue weighted by Crippen LogP contribution is 2.18. The molecule has 0 saturated carbocycles. The molecule has 0 heterocycles. The van der Waals surface area contributed by atoms with Gasteiger partial charge in [0.05, 0.1) is 0 Å². The SMILES string of the molecule is CCC(C)SC(C)CNCCC(C)C. The zero-order chi connectivity index (χ0) is 11.0. The normalized spacial score (nSPS) is 15.9. The maximum atomic E-state index is 3.53. The molecule has 0 aromatic carbocycles. The number of nitrogens with one attached hydrogen (secondary N) is 1. The lowest BCUT2D eigenvalue weighted by molar-refractivity contribution is 0.538. The third kappa shape index (κ3) is 8.89. The zero-order valence-electron chi connectivity index (χ0n) is 10.5. The average Bonchev–Trinajstić information content (AvgIpc) is 2.12. The Bertz CT molecular complexity index is 125. The molecule has 0 aromatic rings. The van der Waals surface area contributed by atoms with Gasteiger partial charge in [-0.3, -0.25) is 0 Å². The first kappa shape index (κ1) is 14.3. The van der Waals surface area contributed by atoms with Crippen molar-refractivity contribution in [3.8, 4) is 0 Å². The number of thioether (sulfide) groups is 1. The van der Waals surface area contributed by atoms with Crippen molar-refractivity contribution in [3.63, 3.8) is 0 Å². The fourth-order valence-electron chi connectivity index (χ4n) is 1.24. The highest BCUT2D eigenvalue weighted by atomic mass is 32.2. The lowest BCUT2D eigenvalue weighted by atomic mass is 10.1. The van der Waals surface area contributed by atoms with E-state index in [9.17, 15) is 0 Å². The van der Waals surface area contributed by atoms with Crippen molar-refractivity contribution in [2.24, 2.45) is 5.92 Å². The Kier molecular flexibility index (Phi) is 8.80. The van der Waals surface area contributed by atoms with Gasteiger partial charge in [0.1, 0.15) is 0 Å². The molecule has 14 heavy (non-hydrogen) atoms. The van der Waals surface area contributed by atoms with E-state index in [1.54, 1.807) is 0 Å². The van der Waals surface area contributed by atoms with E-state index in [1.807, 2.05) is 0 Å². The van der Waals surface area contributed by atoms with Gasteiger partial charge in [-0.2, -0.15) is 11.8 Å². The van der Waals surface area contributed by atoms with E-state index < -0.39 is 0 Å². The number of hydrogen-bond acceptors (Lipinski definition) is 2. The fraction of sp³-hybridized carbons (Fsp3) is 1.00. The van der Waals surface area contributed by atoms with Crippen LogP contribution in [-0.2, 0) is 0 Å². The summed E-state index contributed by atoms with van der Waals surface area (Å²) in [6, 6.07) is 0. The summed E-state index contributed by atoms with van der Waals surface area (Å²) in [4.78, 5) is 0. The standard InChI is InChI=1S/C12H27NS/c1-6-11(4)14-12(5)9-13-8-7-10(2)3/h10-13H,6-9H2,1-5H3. The van der Waals surface area contributed by atoms with E-state index in [2.05, 4.69) is 51.7 Å². The minimum atomic E-state index is 0.747. The number of hydrogen-bond donors (Lipinski definition) is 1. The second-order valence-corrected chi connectivity index (χ2v) is 6.43. The highest BCUT2D eigenvalue weighted by Gasteiger charge is 2.06. The van der Waals surface area contributed by atoms with Crippen LogP contribution in [0.1, 0.15) is 47.5 Å². The van der Waals surface area contributed by atoms with Crippen LogP contribution in [0.25, 0.3) is 0 Å². The molecule has 2 atom stereocenters. The molecule has 0 fully saturated rings. The van der Waals surface area contributed by atoms with Crippen molar-refractivity contribution in [1.29, 1.82) is 0 Å². The van der Waals surface area contributed by atoms with Crippen LogP contribution in [0.2, 0.25) is 0 Å². The first-order valence-electron chi connectivity index (χ1n) is 5.92. The van der Waals surface area contributed by atoms with Crippen molar-refractivity contribution < 1.29 is 0 Å². The molecule has 0 saturated heterocycles. The number of rotatable bonds is 8. The Labute approximate surface area is 94.4 Å². The Balaban J connectivity index is 3.30. The van der Waals surface area contributed by atoms with E-state index in [-0.39, 0.29) is 0 Å². The maximum absolute atomic E-state index is 3.53. The summed E-state index contributed by atoms with van der Waals surface area (Å²) in [5.74, 6) is 0.819. The minimum absolute atomic E-state index is 0.747. The molecule has 0 aromatic heterocycles. The van der Waals surface area contributed by atoms with Gasteiger partial charge in [0.25, 0.3) is 0 Å². The summed E-state index contributed by atoms with van der Waals surface area (Å²) in [5, 5.41) is 5.08. The van der Waals surface area contributed by atoms with Gasteiger partial charge in [0.15, 0.2) is 0 Å². The molecule has 2 heteroatoms. The van der Waals surface area contributed by atoms with E-state index in [0.29, 0.717) is 0 Å². The molecule has 2 unspecified atom stereocenters. The van der Waals surface area contributed by atoms with Crippen LogP contribution >= 0.6 is 11.8 Å². The molecule has 0 spiro atoms. The van der Waals surface area contributed by atoms with Crippen LogP contribution in [0, 0.1) is 5.92 Å². The summed E-state index contributed by atoms with van der Waals surface area (Å²) >= 11 is 2.10. The third-order valence-electron chi connectivity index (χ3n) is 2.37. The summed E-state index contributed by atoms with van der Waals surface area (Å²) in [5.41, 5.74) is 0. The average molecular weight is 217 g/mol. The van der Waals surface area contributed by atoms with Gasteiger partial charge in [-0.1, -0.05) is 34.6 Å². The lowest BCUT2D eigenvalue weighted by Crippen LogP contribution is -2.25. The molecule has 0 aliphatic rings. The molecule has 0 aliphatic heterocycles. The Morgan fingerprint density at radius 3 is 2.21 bits per heavy atom. The van der Waals surface area contributed by atoms with Crippen molar-refractivity contribution in [2.75, 3.05) is 13.1 Å². The van der Waals surface area contributed by atoms with E-state index in [4.69, 9.17) is 0 Å². The van der Waals surface area contributed by atoms with Crippen LogP contribution in [0.4, 0.5) is 0 Å². The topological polar surface area (TPSA) is 12.0 Å². The zero-order valence-corrected chi connectivity index (χ0v) is 11.3. The lowest BCUT2D eigenvalue weighted by Gasteiger charge is -2.16. The maximum Gasteiger partial charge on any atom is 0.0146 e. The predicted molar refractivity (Wildman–Crippen MR) is 69.1 cm³/mol. The summed E-state index contributed by atoms with van der Waals surface area (Å²) in [6.45, 7) is 13.8. The first-order valence-corrected chi connectivity index (χ1v) is 6.86. The smallest absolute Gasteiger partial charge is 0.0146 e. The molecule has 0 bridgehead atoms. The molecule has 1 N–H and O–H groups in total. The van der Waals surface area contributed by atoms with Crippen molar-refractivity contribution in [1.82, 2.24) is 5.32 Å². The fourth-order valence-corrected chi connectivity index (χ4v) is 2.44. The van der Waals surface area contributed by atoms with Gasteiger partial charge in [0.2, 0.25) is 0 Å². The monoisotopic (exact) mass is 217 g/mol.